The van der Waals surface area contributed by atoms with Gasteiger partial charge in [0.1, 0.15) is 5.82 Å². The SMILES string of the molecule is O=C(Nc1n[nH]c2c1CCN(Cc1ccccc1)C2)c1ccc(F)cc1. The lowest BCUT2D eigenvalue weighted by atomic mass is 10.1. The predicted octanol–water partition coefficient (Wildman–Crippen LogP) is 3.36. The van der Waals surface area contributed by atoms with Gasteiger partial charge in [-0.1, -0.05) is 30.3 Å². The average molecular weight is 350 g/mol. The van der Waals surface area contributed by atoms with Gasteiger partial charge in [0.05, 0.1) is 5.69 Å². The number of nitrogens with one attached hydrogen (secondary N) is 2. The lowest BCUT2D eigenvalue weighted by Gasteiger charge is -2.26. The van der Waals surface area contributed by atoms with Crippen LogP contribution >= 0.6 is 0 Å². The minimum absolute atomic E-state index is 0.286. The molecule has 1 aliphatic rings. The standard InChI is InChI=1S/C20H19FN4O/c21-16-8-6-15(7-9-16)20(26)22-19-17-10-11-25(13-18(17)23-24-19)12-14-4-2-1-3-5-14/h1-9H,10-13H2,(H2,22,23,24,26). The zero-order valence-electron chi connectivity index (χ0n) is 14.2. The van der Waals surface area contributed by atoms with Gasteiger partial charge < -0.3 is 5.32 Å². The summed E-state index contributed by atoms with van der Waals surface area (Å²) in [6.07, 6.45) is 0.817. The van der Waals surface area contributed by atoms with Crippen LogP contribution in [0, 0.1) is 5.82 Å². The Morgan fingerprint density at radius 1 is 1.15 bits per heavy atom. The summed E-state index contributed by atoms with van der Waals surface area (Å²) < 4.78 is 13.0. The summed E-state index contributed by atoms with van der Waals surface area (Å²) in [4.78, 5) is 14.7. The maximum atomic E-state index is 13.0. The van der Waals surface area contributed by atoms with E-state index >= 15 is 0 Å². The summed E-state index contributed by atoms with van der Waals surface area (Å²) in [6.45, 7) is 2.56. The van der Waals surface area contributed by atoms with Gasteiger partial charge in [-0.25, -0.2) is 4.39 Å². The van der Waals surface area contributed by atoms with Crippen molar-refractivity contribution in [2.45, 2.75) is 19.5 Å². The Labute approximate surface area is 150 Å². The summed E-state index contributed by atoms with van der Waals surface area (Å²) in [5, 5.41) is 10.1. The van der Waals surface area contributed by atoms with Gasteiger partial charge in [-0.3, -0.25) is 14.8 Å². The largest absolute Gasteiger partial charge is 0.305 e. The van der Waals surface area contributed by atoms with Crippen molar-refractivity contribution in [3.8, 4) is 0 Å². The van der Waals surface area contributed by atoms with Crippen LogP contribution in [-0.2, 0) is 19.5 Å². The molecule has 1 aromatic heterocycles. The zero-order valence-corrected chi connectivity index (χ0v) is 14.2. The first-order valence-electron chi connectivity index (χ1n) is 8.58. The van der Waals surface area contributed by atoms with Gasteiger partial charge in [-0.15, -0.1) is 0 Å². The maximum absolute atomic E-state index is 13.0. The molecular formula is C20H19FN4O. The second-order valence-electron chi connectivity index (χ2n) is 6.44. The van der Waals surface area contributed by atoms with Crippen LogP contribution in [0.15, 0.2) is 54.6 Å². The van der Waals surface area contributed by atoms with Gasteiger partial charge in [0.25, 0.3) is 5.91 Å². The first-order valence-corrected chi connectivity index (χ1v) is 8.58. The first-order chi connectivity index (χ1) is 12.7. The van der Waals surface area contributed by atoms with E-state index in [0.717, 1.165) is 37.3 Å². The monoisotopic (exact) mass is 350 g/mol. The number of fused-ring (bicyclic) bond motifs is 1. The van der Waals surface area contributed by atoms with Crippen LogP contribution in [0.5, 0.6) is 0 Å². The third kappa shape index (κ3) is 3.50. The summed E-state index contributed by atoms with van der Waals surface area (Å²) in [6, 6.07) is 15.8. The molecule has 0 aliphatic carbocycles. The van der Waals surface area contributed by atoms with E-state index in [0.29, 0.717) is 11.4 Å². The van der Waals surface area contributed by atoms with E-state index in [9.17, 15) is 9.18 Å². The second-order valence-corrected chi connectivity index (χ2v) is 6.44. The van der Waals surface area contributed by atoms with Crippen molar-refractivity contribution >= 4 is 11.7 Å². The average Bonchev–Trinajstić information content (AvgIpc) is 3.05. The summed E-state index contributed by atoms with van der Waals surface area (Å²) in [7, 11) is 0. The fourth-order valence-corrected chi connectivity index (χ4v) is 3.23. The number of hydrogen-bond donors (Lipinski definition) is 2. The van der Waals surface area contributed by atoms with E-state index < -0.39 is 0 Å². The number of benzene rings is 2. The number of anilines is 1. The maximum Gasteiger partial charge on any atom is 0.256 e. The number of rotatable bonds is 4. The molecular weight excluding hydrogens is 331 g/mol. The highest BCUT2D eigenvalue weighted by atomic mass is 19.1. The van der Waals surface area contributed by atoms with Crippen LogP contribution in [-0.4, -0.2) is 27.5 Å². The highest BCUT2D eigenvalue weighted by Crippen LogP contribution is 2.25. The lowest BCUT2D eigenvalue weighted by Crippen LogP contribution is -2.30. The number of aromatic amines is 1. The molecule has 4 rings (SSSR count). The molecule has 2 aromatic carbocycles. The van der Waals surface area contributed by atoms with E-state index in [1.807, 2.05) is 18.2 Å². The Kier molecular flexibility index (Phi) is 4.50. The number of aromatic nitrogens is 2. The second kappa shape index (κ2) is 7.09. The van der Waals surface area contributed by atoms with Crippen molar-refractivity contribution in [2.75, 3.05) is 11.9 Å². The minimum atomic E-state index is -0.364. The molecule has 2 N–H and O–H groups in total. The molecule has 0 spiro atoms. The van der Waals surface area contributed by atoms with Crippen molar-refractivity contribution in [1.29, 1.82) is 0 Å². The van der Waals surface area contributed by atoms with Crippen LogP contribution in [0.1, 0.15) is 27.2 Å². The first kappa shape index (κ1) is 16.5. The quantitative estimate of drug-likeness (QED) is 0.758. The van der Waals surface area contributed by atoms with E-state index in [1.165, 1.54) is 29.8 Å². The summed E-state index contributed by atoms with van der Waals surface area (Å²) in [5.74, 6) is -0.0862. The van der Waals surface area contributed by atoms with Crippen LogP contribution in [0.3, 0.4) is 0 Å². The molecule has 0 unspecified atom stereocenters. The number of amides is 1. The summed E-state index contributed by atoms with van der Waals surface area (Å²) >= 11 is 0. The molecule has 0 bridgehead atoms. The van der Waals surface area contributed by atoms with Gasteiger partial charge >= 0.3 is 0 Å². The lowest BCUT2D eigenvalue weighted by molar-refractivity contribution is 0.102. The van der Waals surface area contributed by atoms with Crippen LogP contribution in [0.25, 0.3) is 0 Å². The zero-order chi connectivity index (χ0) is 17.9. The van der Waals surface area contributed by atoms with Crippen LogP contribution < -0.4 is 5.32 Å². The Bertz CT molecular complexity index is 905. The van der Waals surface area contributed by atoms with Crippen LogP contribution in [0.4, 0.5) is 10.2 Å². The smallest absolute Gasteiger partial charge is 0.256 e. The third-order valence-electron chi connectivity index (χ3n) is 4.60. The Morgan fingerprint density at radius 2 is 1.92 bits per heavy atom. The number of halogens is 1. The number of hydrogen-bond acceptors (Lipinski definition) is 3. The van der Waals surface area contributed by atoms with Gasteiger partial charge in [0.15, 0.2) is 5.82 Å². The van der Waals surface area contributed by atoms with E-state index in [4.69, 9.17) is 0 Å². The molecule has 26 heavy (non-hydrogen) atoms. The fourth-order valence-electron chi connectivity index (χ4n) is 3.23. The van der Waals surface area contributed by atoms with Crippen molar-refractivity contribution in [3.63, 3.8) is 0 Å². The van der Waals surface area contributed by atoms with Gasteiger partial charge in [-0.05, 0) is 36.2 Å². The molecule has 2 heterocycles. The number of carbonyl (C=O) groups excluding carboxylic acids is 1. The molecule has 1 aliphatic heterocycles. The predicted molar refractivity (Wildman–Crippen MR) is 97.2 cm³/mol. The third-order valence-corrected chi connectivity index (χ3v) is 4.60. The van der Waals surface area contributed by atoms with Gasteiger partial charge in [0, 0.05) is 30.8 Å². The molecule has 5 nitrogen and oxygen atoms in total. The van der Waals surface area contributed by atoms with Crippen molar-refractivity contribution in [3.05, 3.63) is 82.8 Å². The highest BCUT2D eigenvalue weighted by Gasteiger charge is 2.23. The summed E-state index contributed by atoms with van der Waals surface area (Å²) in [5.41, 5.74) is 3.76. The van der Waals surface area contributed by atoms with E-state index in [2.05, 4.69) is 32.5 Å². The minimum Gasteiger partial charge on any atom is -0.305 e. The van der Waals surface area contributed by atoms with Crippen molar-refractivity contribution < 1.29 is 9.18 Å². The molecule has 132 valence electrons. The Morgan fingerprint density at radius 3 is 2.69 bits per heavy atom. The molecule has 0 fully saturated rings. The molecule has 1 amide bonds. The topological polar surface area (TPSA) is 61.0 Å². The van der Waals surface area contributed by atoms with Crippen LogP contribution in [0.2, 0.25) is 0 Å². The Hall–Kier alpha value is -2.99. The number of nitrogens with zero attached hydrogens (tertiary/aromatic N) is 2. The molecule has 0 radical (unpaired) electrons. The molecule has 0 saturated heterocycles. The molecule has 3 aromatic rings. The van der Waals surface area contributed by atoms with E-state index in [-0.39, 0.29) is 11.7 Å². The highest BCUT2D eigenvalue weighted by molar-refractivity contribution is 6.04. The van der Waals surface area contributed by atoms with Crippen molar-refractivity contribution in [1.82, 2.24) is 15.1 Å². The normalized spacial score (nSPS) is 14.0. The molecule has 0 saturated carbocycles. The van der Waals surface area contributed by atoms with Crippen molar-refractivity contribution in [2.24, 2.45) is 0 Å². The fraction of sp³-hybridized carbons (Fsp3) is 0.200. The van der Waals surface area contributed by atoms with E-state index in [1.54, 1.807) is 0 Å². The molecule has 6 heteroatoms. The van der Waals surface area contributed by atoms with Gasteiger partial charge in [-0.2, -0.15) is 5.10 Å². The number of H-pyrrole nitrogens is 1. The number of carbonyl (C=O) groups is 1. The molecule has 0 atom stereocenters. The van der Waals surface area contributed by atoms with Gasteiger partial charge in [0.2, 0.25) is 0 Å². The Balaban J connectivity index is 1.44.